The number of anilines is 1. The smallest absolute Gasteiger partial charge is 0.138 e. The molecule has 1 unspecified atom stereocenters. The maximum Gasteiger partial charge on any atom is 0.138 e. The number of H-pyrrole nitrogens is 1. The number of morpholine rings is 1. The lowest BCUT2D eigenvalue weighted by atomic mass is 10.2. The second-order valence-corrected chi connectivity index (χ2v) is 5.82. The van der Waals surface area contributed by atoms with Gasteiger partial charge < -0.3 is 19.8 Å². The Morgan fingerprint density at radius 1 is 1.38 bits per heavy atom. The van der Waals surface area contributed by atoms with Crippen LogP contribution in [0.4, 0.5) is 5.82 Å². The first-order chi connectivity index (χ1) is 10.3. The molecule has 0 radical (unpaired) electrons. The van der Waals surface area contributed by atoms with Gasteiger partial charge in [-0.25, -0.2) is 4.98 Å². The van der Waals surface area contributed by atoms with E-state index >= 15 is 0 Å². The first kappa shape index (κ1) is 14.9. The Labute approximate surface area is 129 Å². The van der Waals surface area contributed by atoms with Gasteiger partial charge in [0.25, 0.3) is 0 Å². The Morgan fingerprint density at radius 3 is 3.00 bits per heavy atom. The highest BCUT2D eigenvalue weighted by molar-refractivity contribution is 7.71. The Morgan fingerprint density at radius 2 is 2.24 bits per heavy atom. The molecule has 1 aromatic rings. The van der Waals surface area contributed by atoms with Crippen molar-refractivity contribution >= 4 is 18.0 Å². The van der Waals surface area contributed by atoms with E-state index in [0.717, 1.165) is 70.5 Å². The molecule has 3 rings (SSSR count). The predicted molar refractivity (Wildman–Crippen MR) is 83.1 cm³/mol. The summed E-state index contributed by atoms with van der Waals surface area (Å²) in [5.74, 6) is 1.77. The summed E-state index contributed by atoms with van der Waals surface area (Å²) >= 11 is 5.24. The molecular formula is C14H22N4O2S. The number of nitrogens with zero attached hydrogens (tertiary/aromatic N) is 2. The van der Waals surface area contributed by atoms with Gasteiger partial charge in [-0.15, -0.1) is 0 Å². The van der Waals surface area contributed by atoms with Gasteiger partial charge in [0.1, 0.15) is 22.4 Å². The maximum atomic E-state index is 5.66. The van der Waals surface area contributed by atoms with Crippen molar-refractivity contribution in [1.29, 1.82) is 0 Å². The summed E-state index contributed by atoms with van der Waals surface area (Å²) < 4.78 is 11.6. The molecule has 21 heavy (non-hydrogen) atoms. The molecule has 2 aliphatic heterocycles. The van der Waals surface area contributed by atoms with Gasteiger partial charge in [0.15, 0.2) is 0 Å². The summed E-state index contributed by atoms with van der Waals surface area (Å²) in [6.45, 7) is 6.37. The fourth-order valence-corrected chi connectivity index (χ4v) is 2.91. The minimum atomic E-state index is 0.0627. The summed E-state index contributed by atoms with van der Waals surface area (Å²) in [6, 6.07) is 1.87. The van der Waals surface area contributed by atoms with Gasteiger partial charge in [0.2, 0.25) is 0 Å². The second kappa shape index (κ2) is 7.31. The first-order valence-electron chi connectivity index (χ1n) is 7.58. The third-order valence-electron chi connectivity index (χ3n) is 3.84. The summed E-state index contributed by atoms with van der Waals surface area (Å²) in [5.41, 5.74) is 0. The van der Waals surface area contributed by atoms with Crippen LogP contribution in [-0.4, -0.2) is 60.9 Å². The summed E-state index contributed by atoms with van der Waals surface area (Å²) in [7, 11) is 0. The van der Waals surface area contributed by atoms with Crippen LogP contribution in [-0.2, 0) is 9.47 Å². The van der Waals surface area contributed by atoms with Crippen molar-refractivity contribution < 1.29 is 9.47 Å². The number of aromatic nitrogens is 2. The molecule has 7 heteroatoms. The molecule has 1 aromatic heterocycles. The molecule has 0 aliphatic carbocycles. The zero-order valence-electron chi connectivity index (χ0n) is 12.1. The van der Waals surface area contributed by atoms with Gasteiger partial charge in [0.05, 0.1) is 13.2 Å². The Kier molecular flexibility index (Phi) is 5.18. The maximum absolute atomic E-state index is 5.66. The van der Waals surface area contributed by atoms with E-state index in [-0.39, 0.29) is 6.10 Å². The van der Waals surface area contributed by atoms with E-state index < -0.39 is 0 Å². The third-order valence-corrected chi connectivity index (χ3v) is 4.05. The van der Waals surface area contributed by atoms with Crippen molar-refractivity contribution in [3.8, 4) is 0 Å². The largest absolute Gasteiger partial charge is 0.379 e. The van der Waals surface area contributed by atoms with Crippen LogP contribution >= 0.6 is 12.2 Å². The molecule has 0 bridgehead atoms. The minimum absolute atomic E-state index is 0.0627. The minimum Gasteiger partial charge on any atom is -0.379 e. The monoisotopic (exact) mass is 310 g/mol. The second-order valence-electron chi connectivity index (χ2n) is 5.40. The predicted octanol–water partition coefficient (Wildman–Crippen LogP) is 1.73. The molecule has 0 amide bonds. The number of hydrogen-bond donors (Lipinski definition) is 2. The molecule has 6 nitrogen and oxygen atoms in total. The standard InChI is InChI=1S/C14H22N4O2S/c21-13-10-12(15-3-4-18-5-8-19-9-6-18)16-14(17-13)11-2-1-7-20-11/h10-11H,1-9H2,(H2,15,16,17,21). The van der Waals surface area contributed by atoms with Crippen molar-refractivity contribution in [3.05, 3.63) is 16.5 Å². The van der Waals surface area contributed by atoms with E-state index in [0.29, 0.717) is 4.64 Å². The van der Waals surface area contributed by atoms with Crippen molar-refractivity contribution in [3.63, 3.8) is 0 Å². The summed E-state index contributed by atoms with van der Waals surface area (Å²) in [4.78, 5) is 10.1. The van der Waals surface area contributed by atoms with Gasteiger partial charge in [-0.3, -0.25) is 4.90 Å². The van der Waals surface area contributed by atoms with E-state index in [1.54, 1.807) is 0 Å². The normalized spacial score (nSPS) is 23.3. The number of ether oxygens (including phenoxy) is 2. The van der Waals surface area contributed by atoms with E-state index in [1.807, 2.05) is 6.07 Å². The van der Waals surface area contributed by atoms with Crippen LogP contribution in [0.25, 0.3) is 0 Å². The highest BCUT2D eigenvalue weighted by atomic mass is 32.1. The van der Waals surface area contributed by atoms with E-state index in [4.69, 9.17) is 21.7 Å². The van der Waals surface area contributed by atoms with Crippen molar-refractivity contribution in [2.45, 2.75) is 18.9 Å². The van der Waals surface area contributed by atoms with Crippen molar-refractivity contribution in [2.75, 3.05) is 51.3 Å². The first-order valence-corrected chi connectivity index (χ1v) is 7.99. The molecular weight excluding hydrogens is 288 g/mol. The highest BCUT2D eigenvalue weighted by Crippen LogP contribution is 2.26. The molecule has 3 heterocycles. The van der Waals surface area contributed by atoms with Crippen LogP contribution in [0, 0.1) is 4.64 Å². The number of aromatic amines is 1. The lowest BCUT2D eigenvalue weighted by Crippen LogP contribution is -2.39. The van der Waals surface area contributed by atoms with Gasteiger partial charge in [-0.05, 0) is 12.8 Å². The fraction of sp³-hybridized carbons (Fsp3) is 0.714. The molecule has 0 aromatic carbocycles. The molecule has 0 spiro atoms. The summed E-state index contributed by atoms with van der Waals surface area (Å²) in [5, 5.41) is 3.40. The SMILES string of the molecule is S=c1cc(NCCN2CCOCC2)[nH]c(C2CCCO2)n1. The molecule has 2 N–H and O–H groups in total. The van der Waals surface area contributed by atoms with Crippen LogP contribution in [0.5, 0.6) is 0 Å². The number of nitrogens with one attached hydrogen (secondary N) is 2. The number of rotatable bonds is 5. The van der Waals surface area contributed by atoms with Gasteiger partial charge >= 0.3 is 0 Å². The number of hydrogen-bond acceptors (Lipinski definition) is 6. The van der Waals surface area contributed by atoms with Crippen molar-refractivity contribution in [1.82, 2.24) is 14.9 Å². The zero-order valence-corrected chi connectivity index (χ0v) is 13.0. The molecule has 0 saturated carbocycles. The van der Waals surface area contributed by atoms with E-state index in [9.17, 15) is 0 Å². The topological polar surface area (TPSA) is 62.4 Å². The molecule has 116 valence electrons. The fourth-order valence-electron chi connectivity index (χ4n) is 2.69. The van der Waals surface area contributed by atoms with E-state index in [1.165, 1.54) is 0 Å². The third kappa shape index (κ3) is 4.23. The molecule has 1 atom stereocenters. The Hall–Kier alpha value is -1.02. The lowest BCUT2D eigenvalue weighted by Gasteiger charge is -2.26. The van der Waals surface area contributed by atoms with Crippen LogP contribution in [0.1, 0.15) is 24.8 Å². The van der Waals surface area contributed by atoms with Gasteiger partial charge in [-0.1, -0.05) is 12.2 Å². The molecule has 2 saturated heterocycles. The van der Waals surface area contributed by atoms with Gasteiger partial charge in [-0.2, -0.15) is 0 Å². The van der Waals surface area contributed by atoms with Gasteiger partial charge in [0, 0.05) is 38.9 Å². The van der Waals surface area contributed by atoms with Crippen LogP contribution in [0.3, 0.4) is 0 Å². The molecule has 2 fully saturated rings. The highest BCUT2D eigenvalue weighted by Gasteiger charge is 2.20. The quantitative estimate of drug-likeness (QED) is 0.808. The lowest BCUT2D eigenvalue weighted by molar-refractivity contribution is 0.0398. The summed E-state index contributed by atoms with van der Waals surface area (Å²) in [6.07, 6.45) is 2.16. The average Bonchev–Trinajstić information content (AvgIpc) is 3.02. The van der Waals surface area contributed by atoms with Crippen LogP contribution in [0.2, 0.25) is 0 Å². The Balaban J connectivity index is 1.55. The van der Waals surface area contributed by atoms with Crippen molar-refractivity contribution in [2.24, 2.45) is 0 Å². The Bertz CT molecular complexity index is 510. The van der Waals surface area contributed by atoms with Crippen LogP contribution < -0.4 is 5.32 Å². The average molecular weight is 310 g/mol. The van der Waals surface area contributed by atoms with E-state index in [2.05, 4.69) is 20.2 Å². The van der Waals surface area contributed by atoms with Crippen LogP contribution in [0.15, 0.2) is 6.07 Å². The zero-order chi connectivity index (χ0) is 14.5. The molecule has 2 aliphatic rings.